The molecular weight excluding hydrogens is 400 g/mol. The summed E-state index contributed by atoms with van der Waals surface area (Å²) in [5.74, 6) is 0.474. The van der Waals surface area contributed by atoms with Crippen molar-refractivity contribution >= 4 is 34.2 Å². The topological polar surface area (TPSA) is 77.6 Å². The number of halogens is 1. The van der Waals surface area contributed by atoms with E-state index in [2.05, 4.69) is 26.6 Å². The summed E-state index contributed by atoms with van der Waals surface area (Å²) < 4.78 is 3.46. The van der Waals surface area contributed by atoms with Gasteiger partial charge in [-0.05, 0) is 55.0 Å². The number of fused-ring (bicyclic) bond motifs is 1. The lowest BCUT2D eigenvalue weighted by atomic mass is 10.1. The highest BCUT2D eigenvalue weighted by Crippen LogP contribution is 2.43. The standard InChI is InChI=1S/C22H21ClN6O/c1-14-21-19(16-4-5-16)8-9-24-22(21)29(27-14)13-20(30)26-18-6-2-15(3-7-18)11-28-12-17(23)10-25-28/h2-3,6-10,12,16H,4-5,11,13H2,1H3,(H,26,30). The Morgan fingerprint density at radius 1 is 1.23 bits per heavy atom. The van der Waals surface area contributed by atoms with Gasteiger partial charge < -0.3 is 5.32 Å². The average molecular weight is 421 g/mol. The predicted molar refractivity (Wildman–Crippen MR) is 116 cm³/mol. The number of nitrogens with one attached hydrogen (secondary N) is 1. The van der Waals surface area contributed by atoms with Crippen LogP contribution in [0.2, 0.25) is 5.02 Å². The molecule has 0 spiro atoms. The van der Waals surface area contributed by atoms with Crippen LogP contribution >= 0.6 is 11.6 Å². The van der Waals surface area contributed by atoms with Gasteiger partial charge >= 0.3 is 0 Å². The molecule has 8 heteroatoms. The zero-order valence-corrected chi connectivity index (χ0v) is 17.3. The second-order valence-corrected chi connectivity index (χ2v) is 8.15. The van der Waals surface area contributed by atoms with E-state index in [-0.39, 0.29) is 12.5 Å². The van der Waals surface area contributed by atoms with E-state index < -0.39 is 0 Å². The van der Waals surface area contributed by atoms with Gasteiger partial charge in [0, 0.05) is 23.5 Å². The van der Waals surface area contributed by atoms with Gasteiger partial charge in [-0.3, -0.25) is 9.48 Å². The number of carbonyl (C=O) groups is 1. The van der Waals surface area contributed by atoms with Gasteiger partial charge in [0.15, 0.2) is 5.65 Å². The zero-order valence-electron chi connectivity index (χ0n) is 16.5. The van der Waals surface area contributed by atoms with E-state index in [4.69, 9.17) is 11.6 Å². The van der Waals surface area contributed by atoms with E-state index in [0.717, 1.165) is 28.0 Å². The molecule has 1 amide bonds. The van der Waals surface area contributed by atoms with Gasteiger partial charge in [-0.15, -0.1) is 0 Å². The van der Waals surface area contributed by atoms with Crippen LogP contribution in [0.1, 0.15) is 35.6 Å². The lowest BCUT2D eigenvalue weighted by Gasteiger charge is -2.08. The quantitative estimate of drug-likeness (QED) is 0.508. The first-order valence-electron chi connectivity index (χ1n) is 9.95. The van der Waals surface area contributed by atoms with Crippen LogP contribution in [0, 0.1) is 6.92 Å². The normalized spacial score (nSPS) is 13.7. The van der Waals surface area contributed by atoms with Crippen molar-refractivity contribution in [3.63, 3.8) is 0 Å². The summed E-state index contributed by atoms with van der Waals surface area (Å²) in [4.78, 5) is 17.1. The van der Waals surface area contributed by atoms with Crippen molar-refractivity contribution in [2.24, 2.45) is 0 Å². The Balaban J connectivity index is 1.28. The van der Waals surface area contributed by atoms with Crippen molar-refractivity contribution in [1.29, 1.82) is 0 Å². The molecule has 1 fully saturated rings. The van der Waals surface area contributed by atoms with E-state index >= 15 is 0 Å². The highest BCUT2D eigenvalue weighted by Gasteiger charge is 2.27. The summed E-state index contributed by atoms with van der Waals surface area (Å²) in [6, 6.07) is 9.77. The minimum atomic E-state index is -0.135. The van der Waals surface area contributed by atoms with E-state index in [1.54, 1.807) is 21.8 Å². The number of hydrogen-bond donors (Lipinski definition) is 1. The Morgan fingerprint density at radius 2 is 2.03 bits per heavy atom. The summed E-state index contributed by atoms with van der Waals surface area (Å²) >= 11 is 5.90. The van der Waals surface area contributed by atoms with Crippen molar-refractivity contribution in [1.82, 2.24) is 24.5 Å². The van der Waals surface area contributed by atoms with Gasteiger partial charge in [0.1, 0.15) is 6.54 Å². The highest BCUT2D eigenvalue weighted by atomic mass is 35.5. The van der Waals surface area contributed by atoms with Gasteiger partial charge in [-0.25, -0.2) is 9.67 Å². The molecule has 3 heterocycles. The number of pyridine rings is 1. The molecular formula is C22H21ClN6O. The Morgan fingerprint density at radius 3 is 2.73 bits per heavy atom. The Labute approximate surface area is 178 Å². The van der Waals surface area contributed by atoms with E-state index in [1.165, 1.54) is 18.4 Å². The monoisotopic (exact) mass is 420 g/mol. The number of anilines is 1. The Kier molecular flexibility index (Phi) is 4.75. The average Bonchev–Trinajstić information content (AvgIpc) is 3.43. The van der Waals surface area contributed by atoms with Crippen molar-refractivity contribution in [2.45, 2.75) is 38.8 Å². The van der Waals surface area contributed by atoms with Gasteiger partial charge in [-0.2, -0.15) is 10.2 Å². The summed E-state index contributed by atoms with van der Waals surface area (Å²) in [5, 5.41) is 13.4. The number of aryl methyl sites for hydroxylation is 1. The van der Waals surface area contributed by atoms with Gasteiger partial charge in [-0.1, -0.05) is 23.7 Å². The first-order chi connectivity index (χ1) is 14.6. The molecule has 7 nitrogen and oxygen atoms in total. The number of carbonyl (C=O) groups excluding carboxylic acids is 1. The fourth-order valence-electron chi connectivity index (χ4n) is 3.80. The van der Waals surface area contributed by atoms with Crippen molar-refractivity contribution < 1.29 is 4.79 Å². The largest absolute Gasteiger partial charge is 0.324 e. The summed E-state index contributed by atoms with van der Waals surface area (Å²) in [7, 11) is 0. The second-order valence-electron chi connectivity index (χ2n) is 7.72. The van der Waals surface area contributed by atoms with Crippen molar-refractivity contribution in [3.8, 4) is 0 Å². The summed E-state index contributed by atoms with van der Waals surface area (Å²) in [5.41, 5.74) is 4.81. The number of amides is 1. The lowest BCUT2D eigenvalue weighted by molar-refractivity contribution is -0.116. The van der Waals surface area contributed by atoms with Crippen LogP contribution < -0.4 is 5.32 Å². The predicted octanol–water partition coefficient (Wildman–Crippen LogP) is 4.15. The minimum Gasteiger partial charge on any atom is -0.324 e. The lowest BCUT2D eigenvalue weighted by Crippen LogP contribution is -2.19. The fraction of sp³-hybridized carbons (Fsp3) is 0.273. The number of benzene rings is 1. The maximum absolute atomic E-state index is 12.6. The summed E-state index contributed by atoms with van der Waals surface area (Å²) in [6.45, 7) is 2.73. The first-order valence-corrected chi connectivity index (χ1v) is 10.3. The molecule has 1 aliphatic carbocycles. The number of rotatable bonds is 6. The fourth-order valence-corrected chi connectivity index (χ4v) is 3.95. The zero-order chi connectivity index (χ0) is 20.7. The molecule has 1 saturated carbocycles. The van der Waals surface area contributed by atoms with Crippen LogP contribution in [0.4, 0.5) is 5.69 Å². The van der Waals surface area contributed by atoms with E-state index in [0.29, 0.717) is 17.5 Å². The molecule has 3 aromatic heterocycles. The molecule has 1 aromatic carbocycles. The van der Waals surface area contributed by atoms with Crippen LogP contribution in [-0.4, -0.2) is 30.5 Å². The van der Waals surface area contributed by atoms with Crippen LogP contribution in [0.3, 0.4) is 0 Å². The van der Waals surface area contributed by atoms with Gasteiger partial charge in [0.25, 0.3) is 0 Å². The van der Waals surface area contributed by atoms with Gasteiger partial charge in [0.2, 0.25) is 5.91 Å². The highest BCUT2D eigenvalue weighted by molar-refractivity contribution is 6.30. The smallest absolute Gasteiger partial charge is 0.246 e. The third-order valence-electron chi connectivity index (χ3n) is 5.33. The Bertz CT molecular complexity index is 1220. The SMILES string of the molecule is Cc1nn(CC(=O)Nc2ccc(Cn3cc(Cl)cn3)cc2)c2nccc(C3CC3)c12. The molecule has 0 unspecified atom stereocenters. The molecule has 0 aliphatic heterocycles. The minimum absolute atomic E-state index is 0.124. The van der Waals surface area contributed by atoms with Crippen LogP contribution in [0.25, 0.3) is 11.0 Å². The van der Waals surface area contributed by atoms with Crippen LogP contribution in [-0.2, 0) is 17.9 Å². The van der Waals surface area contributed by atoms with Crippen LogP contribution in [0.15, 0.2) is 48.9 Å². The van der Waals surface area contributed by atoms with Crippen molar-refractivity contribution in [2.75, 3.05) is 5.32 Å². The molecule has 0 radical (unpaired) electrons. The molecule has 1 aliphatic rings. The molecule has 0 saturated heterocycles. The third kappa shape index (κ3) is 3.80. The maximum Gasteiger partial charge on any atom is 0.246 e. The molecule has 4 aromatic rings. The molecule has 152 valence electrons. The Hall–Kier alpha value is -3.19. The van der Waals surface area contributed by atoms with Crippen molar-refractivity contribution in [3.05, 3.63) is 70.8 Å². The van der Waals surface area contributed by atoms with Gasteiger partial charge in [0.05, 0.1) is 23.5 Å². The number of hydrogen-bond acceptors (Lipinski definition) is 4. The molecule has 0 bridgehead atoms. The molecule has 5 rings (SSSR count). The molecule has 1 N–H and O–H groups in total. The first kappa shape index (κ1) is 18.8. The number of nitrogens with zero attached hydrogens (tertiary/aromatic N) is 5. The maximum atomic E-state index is 12.6. The molecule has 30 heavy (non-hydrogen) atoms. The van der Waals surface area contributed by atoms with E-state index in [9.17, 15) is 4.79 Å². The molecule has 0 atom stereocenters. The summed E-state index contributed by atoms with van der Waals surface area (Å²) in [6.07, 6.45) is 7.63. The number of aromatic nitrogens is 5. The third-order valence-corrected chi connectivity index (χ3v) is 5.53. The van der Waals surface area contributed by atoms with E-state index in [1.807, 2.05) is 37.4 Å². The second kappa shape index (κ2) is 7.57. The van der Waals surface area contributed by atoms with Crippen LogP contribution in [0.5, 0.6) is 0 Å².